The molecule has 1 aromatic carbocycles. The number of nitrogens with zero attached hydrogens (tertiary/aromatic N) is 1. The zero-order valence-electron chi connectivity index (χ0n) is 12.8. The molecule has 2 atom stereocenters. The van der Waals surface area contributed by atoms with Crippen molar-refractivity contribution in [2.45, 2.75) is 25.3 Å². The number of fused-ring (bicyclic) bond motifs is 1. The lowest BCUT2D eigenvalue weighted by Gasteiger charge is -2.37. The molecule has 1 aromatic heterocycles. The molecule has 0 bridgehead atoms. The number of methoxy groups -OCH3 is 1. The Kier molecular flexibility index (Phi) is 4.26. The van der Waals surface area contributed by atoms with Gasteiger partial charge >= 0.3 is 5.97 Å². The number of carbonyl (C=O) groups is 2. The van der Waals surface area contributed by atoms with E-state index in [1.54, 1.807) is 17.0 Å². The molecule has 0 N–H and O–H groups in total. The van der Waals surface area contributed by atoms with Crippen LogP contribution in [0.15, 0.2) is 45.5 Å². The van der Waals surface area contributed by atoms with Gasteiger partial charge in [0.2, 0.25) is 0 Å². The topological polar surface area (TPSA) is 59.8 Å². The standard InChI is InChI=1S/C17H16BrNO4/c1-10-9-12(17(21)22-2)11-5-3-4-6-13(11)19(10)16(20)14-7-8-15(18)23-14/h3-8,10,12H,9H2,1-2H3. The van der Waals surface area contributed by atoms with E-state index in [2.05, 4.69) is 15.9 Å². The third-order valence-electron chi connectivity index (χ3n) is 4.08. The highest BCUT2D eigenvalue weighted by Gasteiger charge is 2.38. The van der Waals surface area contributed by atoms with Crippen molar-refractivity contribution in [1.29, 1.82) is 0 Å². The highest BCUT2D eigenvalue weighted by Crippen LogP contribution is 2.39. The van der Waals surface area contributed by atoms with E-state index in [0.29, 0.717) is 11.1 Å². The fraction of sp³-hybridized carbons (Fsp3) is 0.294. The van der Waals surface area contributed by atoms with Gasteiger partial charge in [0.05, 0.1) is 13.0 Å². The Labute approximate surface area is 142 Å². The molecule has 6 heteroatoms. The molecule has 1 aliphatic rings. The first-order valence-electron chi connectivity index (χ1n) is 7.28. The Morgan fingerprint density at radius 2 is 2.00 bits per heavy atom. The summed E-state index contributed by atoms with van der Waals surface area (Å²) in [5.74, 6) is -0.607. The van der Waals surface area contributed by atoms with Crippen molar-refractivity contribution in [3.05, 3.63) is 52.4 Å². The Hall–Kier alpha value is -2.08. The maximum atomic E-state index is 12.8. The minimum atomic E-state index is -0.362. The van der Waals surface area contributed by atoms with Crippen LogP contribution in [0.2, 0.25) is 0 Å². The number of esters is 1. The maximum Gasteiger partial charge on any atom is 0.313 e. The van der Waals surface area contributed by atoms with Gasteiger partial charge in [-0.3, -0.25) is 9.59 Å². The van der Waals surface area contributed by atoms with Crippen LogP contribution >= 0.6 is 15.9 Å². The number of furan rings is 1. The summed E-state index contributed by atoms with van der Waals surface area (Å²) in [5, 5.41) is 0. The van der Waals surface area contributed by atoms with Gasteiger partial charge in [-0.25, -0.2) is 0 Å². The van der Waals surface area contributed by atoms with Crippen molar-refractivity contribution in [2.24, 2.45) is 0 Å². The second kappa shape index (κ2) is 6.20. The van der Waals surface area contributed by atoms with Crippen molar-refractivity contribution in [2.75, 3.05) is 12.0 Å². The number of halogens is 1. The number of rotatable bonds is 2. The molecule has 5 nitrogen and oxygen atoms in total. The summed E-state index contributed by atoms with van der Waals surface area (Å²) >= 11 is 3.21. The van der Waals surface area contributed by atoms with E-state index in [4.69, 9.17) is 9.15 Å². The van der Waals surface area contributed by atoms with Crippen molar-refractivity contribution < 1.29 is 18.7 Å². The summed E-state index contributed by atoms with van der Waals surface area (Å²) in [7, 11) is 1.38. The van der Waals surface area contributed by atoms with E-state index in [0.717, 1.165) is 11.3 Å². The zero-order valence-corrected chi connectivity index (χ0v) is 14.4. The molecule has 2 heterocycles. The Morgan fingerprint density at radius 1 is 1.26 bits per heavy atom. The average Bonchev–Trinajstić information content (AvgIpc) is 2.99. The molecule has 0 saturated heterocycles. The van der Waals surface area contributed by atoms with Gasteiger partial charge < -0.3 is 14.1 Å². The molecule has 1 amide bonds. The highest BCUT2D eigenvalue weighted by molar-refractivity contribution is 9.10. The lowest BCUT2D eigenvalue weighted by molar-refractivity contribution is -0.142. The van der Waals surface area contributed by atoms with Gasteiger partial charge in [0, 0.05) is 11.7 Å². The molecule has 23 heavy (non-hydrogen) atoms. The molecule has 0 saturated carbocycles. The quantitative estimate of drug-likeness (QED) is 0.747. The van der Waals surface area contributed by atoms with Crippen LogP contribution in [-0.4, -0.2) is 25.0 Å². The van der Waals surface area contributed by atoms with E-state index in [-0.39, 0.29) is 29.6 Å². The first kappa shape index (κ1) is 15.8. The van der Waals surface area contributed by atoms with Crippen molar-refractivity contribution >= 4 is 33.5 Å². The largest absolute Gasteiger partial charge is 0.469 e. The molecule has 0 spiro atoms. The summed E-state index contributed by atoms with van der Waals surface area (Å²) in [5.41, 5.74) is 1.52. The number of hydrogen-bond donors (Lipinski definition) is 0. The minimum Gasteiger partial charge on any atom is -0.469 e. The zero-order chi connectivity index (χ0) is 16.6. The fourth-order valence-electron chi connectivity index (χ4n) is 3.04. The number of para-hydroxylation sites is 1. The highest BCUT2D eigenvalue weighted by atomic mass is 79.9. The van der Waals surface area contributed by atoms with Gasteiger partial charge in [-0.15, -0.1) is 0 Å². The first-order chi connectivity index (χ1) is 11.0. The van der Waals surface area contributed by atoms with Crippen molar-refractivity contribution in [3.63, 3.8) is 0 Å². The number of carbonyl (C=O) groups excluding carboxylic acids is 2. The Balaban J connectivity index is 2.04. The van der Waals surface area contributed by atoms with Crippen LogP contribution in [0.3, 0.4) is 0 Å². The van der Waals surface area contributed by atoms with Crippen LogP contribution in [-0.2, 0) is 9.53 Å². The molecule has 120 valence electrons. The third kappa shape index (κ3) is 2.79. The van der Waals surface area contributed by atoms with E-state index in [1.165, 1.54) is 7.11 Å². The van der Waals surface area contributed by atoms with Crippen LogP contribution < -0.4 is 4.90 Å². The normalized spacial score (nSPS) is 20.0. The lowest BCUT2D eigenvalue weighted by atomic mass is 9.86. The summed E-state index contributed by atoms with van der Waals surface area (Å²) < 4.78 is 10.8. The van der Waals surface area contributed by atoms with Crippen LogP contribution in [0.4, 0.5) is 5.69 Å². The molecule has 1 aliphatic heterocycles. The number of hydrogen-bond acceptors (Lipinski definition) is 4. The summed E-state index contributed by atoms with van der Waals surface area (Å²) in [6.45, 7) is 1.92. The van der Waals surface area contributed by atoms with Gasteiger partial charge in [0.15, 0.2) is 10.4 Å². The predicted octanol–water partition coefficient (Wildman–Crippen LogP) is 3.74. The summed E-state index contributed by atoms with van der Waals surface area (Å²) in [4.78, 5) is 26.6. The van der Waals surface area contributed by atoms with Crippen LogP contribution in [0.1, 0.15) is 35.4 Å². The summed E-state index contributed by atoms with van der Waals surface area (Å²) in [6, 6.07) is 10.6. The molecule has 2 aromatic rings. The average molecular weight is 378 g/mol. The molecule has 2 unspecified atom stereocenters. The fourth-order valence-corrected chi connectivity index (χ4v) is 3.34. The lowest BCUT2D eigenvalue weighted by Crippen LogP contribution is -2.44. The molecule has 0 fully saturated rings. The summed E-state index contributed by atoms with van der Waals surface area (Å²) in [6.07, 6.45) is 0.511. The Morgan fingerprint density at radius 3 is 2.65 bits per heavy atom. The van der Waals surface area contributed by atoms with Gasteiger partial charge in [-0.1, -0.05) is 18.2 Å². The number of benzene rings is 1. The van der Waals surface area contributed by atoms with Gasteiger partial charge in [-0.05, 0) is 53.0 Å². The van der Waals surface area contributed by atoms with E-state index in [9.17, 15) is 9.59 Å². The van der Waals surface area contributed by atoms with Crippen LogP contribution in [0.5, 0.6) is 0 Å². The van der Waals surface area contributed by atoms with Crippen LogP contribution in [0.25, 0.3) is 0 Å². The van der Waals surface area contributed by atoms with E-state index < -0.39 is 0 Å². The molecule has 0 aliphatic carbocycles. The van der Waals surface area contributed by atoms with Crippen molar-refractivity contribution in [3.8, 4) is 0 Å². The van der Waals surface area contributed by atoms with Gasteiger partial charge in [0.1, 0.15) is 0 Å². The second-order valence-electron chi connectivity index (χ2n) is 5.50. The smallest absolute Gasteiger partial charge is 0.313 e. The number of amides is 1. The Bertz CT molecular complexity index is 755. The number of anilines is 1. The molecular weight excluding hydrogens is 362 g/mol. The maximum absolute atomic E-state index is 12.8. The van der Waals surface area contributed by atoms with Gasteiger partial charge in [-0.2, -0.15) is 0 Å². The monoisotopic (exact) mass is 377 g/mol. The second-order valence-corrected chi connectivity index (χ2v) is 6.28. The molecule has 0 radical (unpaired) electrons. The van der Waals surface area contributed by atoms with Crippen LogP contribution in [0, 0.1) is 0 Å². The van der Waals surface area contributed by atoms with E-state index >= 15 is 0 Å². The van der Waals surface area contributed by atoms with E-state index in [1.807, 2.05) is 31.2 Å². The molecular formula is C17H16BrNO4. The number of ether oxygens (including phenoxy) is 1. The molecule has 3 rings (SSSR count). The minimum absolute atomic E-state index is 0.148. The SMILES string of the molecule is COC(=O)C1CC(C)N(C(=O)c2ccc(Br)o2)c2ccccc21. The first-order valence-corrected chi connectivity index (χ1v) is 8.08. The van der Waals surface area contributed by atoms with Crippen molar-refractivity contribution in [1.82, 2.24) is 0 Å². The van der Waals surface area contributed by atoms with Gasteiger partial charge in [0.25, 0.3) is 5.91 Å². The third-order valence-corrected chi connectivity index (χ3v) is 4.50. The predicted molar refractivity (Wildman–Crippen MR) is 88.5 cm³/mol.